The van der Waals surface area contributed by atoms with E-state index in [0.29, 0.717) is 28.0 Å². The minimum atomic E-state index is -0.373. The van der Waals surface area contributed by atoms with Crippen LogP contribution in [0.25, 0.3) is 0 Å². The number of carbonyl (C=O) groups excluding carboxylic acids is 1. The van der Waals surface area contributed by atoms with Gasteiger partial charge in [-0.25, -0.2) is 0 Å². The number of hydrogen-bond donors (Lipinski definition) is 2. The molecule has 7 nitrogen and oxygen atoms in total. The van der Waals surface area contributed by atoms with Crippen molar-refractivity contribution in [2.24, 2.45) is 0 Å². The quantitative estimate of drug-likeness (QED) is 0.676. The minimum Gasteiger partial charge on any atom is -0.454 e. The first-order chi connectivity index (χ1) is 13.5. The van der Waals surface area contributed by atoms with Crippen molar-refractivity contribution in [1.29, 1.82) is 0 Å². The second kappa shape index (κ2) is 7.36. The standard InChI is InChI=1S/C20H17ClN4O3/c1-11-7-12(2)19(14(21)8-11)23-18-6-4-15(24-25-18)20(26)22-13-3-5-16-17(9-13)28-10-27-16/h3-9H,10H2,1-2H3,(H,22,26)(H,23,25). The van der Waals surface area contributed by atoms with Gasteiger partial charge in [0.25, 0.3) is 5.91 Å². The molecule has 0 atom stereocenters. The van der Waals surface area contributed by atoms with E-state index in [2.05, 4.69) is 20.8 Å². The second-order valence-electron chi connectivity index (χ2n) is 6.39. The molecule has 1 aliphatic rings. The van der Waals surface area contributed by atoms with Crippen molar-refractivity contribution < 1.29 is 14.3 Å². The molecule has 2 heterocycles. The van der Waals surface area contributed by atoms with Crippen molar-refractivity contribution in [3.63, 3.8) is 0 Å². The number of benzene rings is 2. The third-order valence-corrected chi connectivity index (χ3v) is 4.51. The van der Waals surface area contributed by atoms with Crippen molar-refractivity contribution >= 4 is 34.7 Å². The number of anilines is 3. The first kappa shape index (κ1) is 18.1. The molecule has 0 unspecified atom stereocenters. The minimum absolute atomic E-state index is 0.178. The van der Waals surface area contributed by atoms with Crippen LogP contribution in [0.4, 0.5) is 17.2 Å². The molecule has 0 saturated heterocycles. The monoisotopic (exact) mass is 396 g/mol. The van der Waals surface area contributed by atoms with Gasteiger partial charge in [0.2, 0.25) is 6.79 Å². The highest BCUT2D eigenvalue weighted by atomic mass is 35.5. The Kier molecular flexibility index (Phi) is 4.75. The normalized spacial score (nSPS) is 12.0. The van der Waals surface area contributed by atoms with Crippen LogP contribution in [0.5, 0.6) is 11.5 Å². The van der Waals surface area contributed by atoms with Gasteiger partial charge in [0.1, 0.15) is 0 Å². The predicted octanol–water partition coefficient (Wildman–Crippen LogP) is 4.47. The molecule has 4 rings (SSSR count). The molecule has 1 aromatic heterocycles. The molecule has 0 saturated carbocycles. The van der Waals surface area contributed by atoms with Gasteiger partial charge in [-0.05, 0) is 55.3 Å². The maximum atomic E-state index is 12.4. The number of carbonyl (C=O) groups is 1. The van der Waals surface area contributed by atoms with E-state index in [1.807, 2.05) is 26.0 Å². The molecule has 0 radical (unpaired) electrons. The Morgan fingerprint density at radius 1 is 1.04 bits per heavy atom. The number of ether oxygens (including phenoxy) is 2. The summed E-state index contributed by atoms with van der Waals surface area (Å²) in [7, 11) is 0. The zero-order valence-corrected chi connectivity index (χ0v) is 16.0. The van der Waals surface area contributed by atoms with Crippen LogP contribution in [0.15, 0.2) is 42.5 Å². The van der Waals surface area contributed by atoms with Gasteiger partial charge in [-0.15, -0.1) is 10.2 Å². The topological polar surface area (TPSA) is 85.4 Å². The van der Waals surface area contributed by atoms with E-state index in [-0.39, 0.29) is 18.4 Å². The van der Waals surface area contributed by atoms with Gasteiger partial charge in [0, 0.05) is 11.8 Å². The Morgan fingerprint density at radius 2 is 1.86 bits per heavy atom. The summed E-state index contributed by atoms with van der Waals surface area (Å²) in [6.45, 7) is 4.12. The number of aromatic nitrogens is 2. The zero-order valence-electron chi connectivity index (χ0n) is 15.2. The number of hydrogen-bond acceptors (Lipinski definition) is 6. The van der Waals surface area contributed by atoms with Gasteiger partial charge < -0.3 is 20.1 Å². The molecule has 1 aliphatic heterocycles. The molecule has 0 bridgehead atoms. The maximum absolute atomic E-state index is 12.4. The Hall–Kier alpha value is -3.32. The summed E-state index contributed by atoms with van der Waals surface area (Å²) in [6, 6.07) is 12.3. The average molecular weight is 397 g/mol. The Morgan fingerprint density at radius 3 is 2.61 bits per heavy atom. The summed E-state index contributed by atoms with van der Waals surface area (Å²) < 4.78 is 10.6. The summed E-state index contributed by atoms with van der Waals surface area (Å²) in [5.41, 5.74) is 3.61. The highest BCUT2D eigenvalue weighted by Crippen LogP contribution is 2.34. The van der Waals surface area contributed by atoms with E-state index in [0.717, 1.165) is 16.8 Å². The van der Waals surface area contributed by atoms with Crippen LogP contribution in [0.2, 0.25) is 5.02 Å². The SMILES string of the molecule is Cc1cc(C)c(Nc2ccc(C(=O)Nc3ccc4c(c3)OCO4)nn2)c(Cl)c1. The van der Waals surface area contributed by atoms with E-state index in [1.54, 1.807) is 30.3 Å². The molecule has 3 aromatic rings. The van der Waals surface area contributed by atoms with Crippen molar-refractivity contribution in [1.82, 2.24) is 10.2 Å². The second-order valence-corrected chi connectivity index (χ2v) is 6.80. The van der Waals surface area contributed by atoms with E-state index >= 15 is 0 Å². The van der Waals surface area contributed by atoms with Gasteiger partial charge in [-0.3, -0.25) is 4.79 Å². The van der Waals surface area contributed by atoms with Crippen LogP contribution >= 0.6 is 11.6 Å². The number of rotatable bonds is 4. The molecule has 2 N–H and O–H groups in total. The number of halogens is 1. The van der Waals surface area contributed by atoms with Crippen LogP contribution in [-0.2, 0) is 0 Å². The molecule has 28 heavy (non-hydrogen) atoms. The lowest BCUT2D eigenvalue weighted by Crippen LogP contribution is -2.14. The fraction of sp³-hybridized carbons (Fsp3) is 0.150. The van der Waals surface area contributed by atoms with E-state index in [1.165, 1.54) is 0 Å². The number of nitrogens with one attached hydrogen (secondary N) is 2. The average Bonchev–Trinajstić information content (AvgIpc) is 3.13. The van der Waals surface area contributed by atoms with Crippen molar-refractivity contribution in [3.05, 3.63) is 64.3 Å². The molecular weight excluding hydrogens is 380 g/mol. The molecule has 142 valence electrons. The molecule has 8 heteroatoms. The Balaban J connectivity index is 1.46. The van der Waals surface area contributed by atoms with Crippen LogP contribution in [0.3, 0.4) is 0 Å². The third kappa shape index (κ3) is 3.70. The lowest BCUT2D eigenvalue weighted by Gasteiger charge is -2.12. The van der Waals surface area contributed by atoms with E-state index in [9.17, 15) is 4.79 Å². The molecule has 2 aromatic carbocycles. The molecule has 0 spiro atoms. The summed E-state index contributed by atoms with van der Waals surface area (Å²) in [5.74, 6) is 1.36. The van der Waals surface area contributed by atoms with E-state index in [4.69, 9.17) is 21.1 Å². The number of amides is 1. The zero-order chi connectivity index (χ0) is 19.7. The predicted molar refractivity (Wildman–Crippen MR) is 107 cm³/mol. The number of nitrogens with zero attached hydrogens (tertiary/aromatic N) is 2. The van der Waals surface area contributed by atoms with Crippen molar-refractivity contribution in [2.75, 3.05) is 17.4 Å². The molecule has 1 amide bonds. The fourth-order valence-corrected chi connectivity index (χ4v) is 3.26. The van der Waals surface area contributed by atoms with Crippen LogP contribution in [0.1, 0.15) is 21.6 Å². The Bertz CT molecular complexity index is 1030. The van der Waals surface area contributed by atoms with Crippen LogP contribution < -0.4 is 20.1 Å². The molecule has 0 aliphatic carbocycles. The summed E-state index contributed by atoms with van der Waals surface area (Å²) in [4.78, 5) is 12.4. The lowest BCUT2D eigenvalue weighted by atomic mass is 10.1. The molecular formula is C20H17ClN4O3. The summed E-state index contributed by atoms with van der Waals surface area (Å²) in [6.07, 6.45) is 0. The van der Waals surface area contributed by atoms with Gasteiger partial charge in [0.15, 0.2) is 23.0 Å². The smallest absolute Gasteiger partial charge is 0.276 e. The van der Waals surface area contributed by atoms with Gasteiger partial charge in [0.05, 0.1) is 10.7 Å². The largest absolute Gasteiger partial charge is 0.454 e. The van der Waals surface area contributed by atoms with Gasteiger partial charge in [-0.2, -0.15) is 0 Å². The fourth-order valence-electron chi connectivity index (χ4n) is 2.89. The number of fused-ring (bicyclic) bond motifs is 1. The number of aryl methyl sites for hydroxylation is 2. The van der Waals surface area contributed by atoms with Crippen LogP contribution in [-0.4, -0.2) is 22.9 Å². The third-order valence-electron chi connectivity index (χ3n) is 4.21. The first-order valence-corrected chi connectivity index (χ1v) is 8.96. The maximum Gasteiger partial charge on any atom is 0.276 e. The van der Waals surface area contributed by atoms with Crippen molar-refractivity contribution in [2.45, 2.75) is 13.8 Å². The summed E-state index contributed by atoms with van der Waals surface area (Å²) in [5, 5.41) is 14.6. The van der Waals surface area contributed by atoms with E-state index < -0.39 is 0 Å². The van der Waals surface area contributed by atoms with Crippen molar-refractivity contribution in [3.8, 4) is 11.5 Å². The highest BCUT2D eigenvalue weighted by molar-refractivity contribution is 6.33. The Labute approximate surface area is 166 Å². The summed E-state index contributed by atoms with van der Waals surface area (Å²) >= 11 is 6.30. The lowest BCUT2D eigenvalue weighted by molar-refractivity contribution is 0.102. The van der Waals surface area contributed by atoms with Gasteiger partial charge in [-0.1, -0.05) is 17.7 Å². The van der Waals surface area contributed by atoms with Gasteiger partial charge >= 0.3 is 0 Å². The highest BCUT2D eigenvalue weighted by Gasteiger charge is 2.15. The molecule has 0 fully saturated rings. The van der Waals surface area contributed by atoms with Crippen LogP contribution in [0, 0.1) is 13.8 Å². The first-order valence-electron chi connectivity index (χ1n) is 8.58.